The molecule has 9 aromatic rings. The number of hydrogen-bond acceptors (Lipinski definition) is 9. The molecule has 4 nitrogen and oxygen atoms in total. The standard InChI is InChI=1S/C55H33N3OS5/c56-34-39(35-57)54-48-7-1-2-8-49(48)55(59)50(54)33-47-27-30-53(64-47)38-13-19-42(20-14-38)58(40-15-9-36(10-16-40)51-28-25-45(62-51)23-21-43-5-3-31-60-43)41-17-11-37(12-18-41)52-29-26-46(63-52)24-22-44-6-4-32-61-44/h1-33H/b23-21+,24-22+,50-33-. The first-order valence-electron chi connectivity index (χ1n) is 20.3. The van der Waals surface area contributed by atoms with E-state index in [1.165, 1.54) is 40.4 Å². The molecule has 64 heavy (non-hydrogen) atoms. The molecule has 0 radical (unpaired) electrons. The molecule has 5 heterocycles. The summed E-state index contributed by atoms with van der Waals surface area (Å²) in [5.41, 5.74) is 8.30. The molecule has 0 unspecified atom stereocenters. The van der Waals surface area contributed by atoms with Gasteiger partial charge in [0.2, 0.25) is 0 Å². The molecule has 5 aromatic heterocycles. The number of ketones is 1. The molecule has 0 N–H and O–H groups in total. The number of fused-ring (bicyclic) bond motifs is 1. The van der Waals surface area contributed by atoms with Crippen LogP contribution in [0.2, 0.25) is 0 Å². The van der Waals surface area contributed by atoms with Gasteiger partial charge in [-0.15, -0.1) is 56.7 Å². The van der Waals surface area contributed by atoms with Crippen LogP contribution >= 0.6 is 56.7 Å². The molecule has 0 amide bonds. The molecule has 1 aliphatic carbocycles. The summed E-state index contributed by atoms with van der Waals surface area (Å²) >= 11 is 8.60. The molecule has 0 atom stereocenters. The number of carbonyl (C=O) groups excluding carboxylic acids is 1. The minimum atomic E-state index is -0.182. The topological polar surface area (TPSA) is 67.9 Å². The highest BCUT2D eigenvalue weighted by Crippen LogP contribution is 2.43. The van der Waals surface area contributed by atoms with Crippen molar-refractivity contribution in [1.29, 1.82) is 10.5 Å². The van der Waals surface area contributed by atoms with Crippen molar-refractivity contribution in [3.05, 3.63) is 215 Å². The maximum Gasteiger partial charge on any atom is 0.194 e. The summed E-state index contributed by atoms with van der Waals surface area (Å²) in [7, 11) is 0. The molecule has 0 bridgehead atoms. The van der Waals surface area contributed by atoms with Crippen LogP contribution in [-0.4, -0.2) is 5.78 Å². The molecular formula is C55H33N3OS5. The Hall–Kier alpha value is -7.21. The van der Waals surface area contributed by atoms with Crippen LogP contribution in [-0.2, 0) is 0 Å². The number of nitrogens with zero attached hydrogens (tertiary/aromatic N) is 3. The van der Waals surface area contributed by atoms with Crippen molar-refractivity contribution < 1.29 is 4.79 Å². The molecule has 10 rings (SSSR count). The van der Waals surface area contributed by atoms with Crippen LogP contribution in [0.15, 0.2) is 180 Å². The van der Waals surface area contributed by atoms with E-state index in [0.717, 1.165) is 32.4 Å². The van der Waals surface area contributed by atoms with Crippen molar-refractivity contribution >= 4 is 115 Å². The highest BCUT2D eigenvalue weighted by molar-refractivity contribution is 7.17. The van der Waals surface area contributed by atoms with Gasteiger partial charge in [-0.05, 0) is 148 Å². The number of thiophene rings is 5. The Balaban J connectivity index is 0.944. The zero-order valence-electron chi connectivity index (χ0n) is 33.8. The second-order valence-corrected chi connectivity index (χ2v) is 20.0. The lowest BCUT2D eigenvalue weighted by atomic mass is 9.99. The van der Waals surface area contributed by atoms with Crippen LogP contribution in [0.4, 0.5) is 17.1 Å². The van der Waals surface area contributed by atoms with Crippen molar-refractivity contribution in [3.8, 4) is 43.5 Å². The Morgan fingerprint density at radius 1 is 0.453 bits per heavy atom. The van der Waals surface area contributed by atoms with Gasteiger partial charge in [-0.3, -0.25) is 4.79 Å². The van der Waals surface area contributed by atoms with Crippen LogP contribution in [0.5, 0.6) is 0 Å². The molecule has 0 saturated heterocycles. The van der Waals surface area contributed by atoms with E-state index in [1.807, 2.05) is 30.3 Å². The average Bonchev–Trinajstić information content (AvgIpc) is 4.21. The normalized spacial score (nSPS) is 12.9. The Bertz CT molecular complexity index is 3200. The van der Waals surface area contributed by atoms with E-state index in [-0.39, 0.29) is 11.4 Å². The zero-order valence-corrected chi connectivity index (χ0v) is 37.9. The largest absolute Gasteiger partial charge is 0.311 e. The van der Waals surface area contributed by atoms with Crippen molar-refractivity contribution in [2.45, 2.75) is 0 Å². The number of anilines is 3. The van der Waals surface area contributed by atoms with E-state index in [9.17, 15) is 15.3 Å². The lowest BCUT2D eigenvalue weighted by molar-refractivity contribution is 0.104. The lowest BCUT2D eigenvalue weighted by Crippen LogP contribution is -2.09. The minimum Gasteiger partial charge on any atom is -0.311 e. The lowest BCUT2D eigenvalue weighted by Gasteiger charge is -2.26. The highest BCUT2D eigenvalue weighted by atomic mass is 32.1. The number of allylic oxidation sites excluding steroid dienone is 3. The number of carbonyl (C=O) groups is 1. The first kappa shape index (κ1) is 40.8. The third kappa shape index (κ3) is 8.47. The van der Waals surface area contributed by atoms with E-state index in [2.05, 4.69) is 167 Å². The summed E-state index contributed by atoms with van der Waals surface area (Å²) in [5, 5.41) is 23.7. The number of nitriles is 2. The van der Waals surface area contributed by atoms with E-state index < -0.39 is 0 Å². The van der Waals surface area contributed by atoms with Gasteiger partial charge in [0, 0.05) is 72.8 Å². The van der Waals surface area contributed by atoms with Crippen molar-refractivity contribution in [3.63, 3.8) is 0 Å². The highest BCUT2D eigenvalue weighted by Gasteiger charge is 2.32. The minimum absolute atomic E-state index is 0.0668. The number of hydrogen-bond donors (Lipinski definition) is 0. The van der Waals surface area contributed by atoms with Crippen LogP contribution in [0.25, 0.3) is 67.3 Å². The van der Waals surface area contributed by atoms with E-state index in [4.69, 9.17) is 0 Å². The van der Waals surface area contributed by atoms with Gasteiger partial charge in [-0.1, -0.05) is 72.8 Å². The predicted octanol–water partition coefficient (Wildman–Crippen LogP) is 16.9. The molecule has 304 valence electrons. The summed E-state index contributed by atoms with van der Waals surface area (Å²) < 4.78 is 0. The van der Waals surface area contributed by atoms with Gasteiger partial charge in [0.15, 0.2) is 5.78 Å². The number of rotatable bonds is 11. The fourth-order valence-electron chi connectivity index (χ4n) is 7.64. The molecule has 0 spiro atoms. The van der Waals surface area contributed by atoms with Gasteiger partial charge >= 0.3 is 0 Å². The van der Waals surface area contributed by atoms with Crippen LogP contribution < -0.4 is 4.90 Å². The van der Waals surface area contributed by atoms with Crippen LogP contribution in [0.3, 0.4) is 0 Å². The monoisotopic (exact) mass is 911 g/mol. The van der Waals surface area contributed by atoms with Gasteiger partial charge in [-0.2, -0.15) is 10.5 Å². The molecule has 1 aliphatic rings. The molecular weight excluding hydrogens is 879 g/mol. The first-order valence-corrected chi connectivity index (χ1v) is 24.5. The Morgan fingerprint density at radius 3 is 1.31 bits per heavy atom. The molecule has 0 saturated carbocycles. The summed E-state index contributed by atoms with van der Waals surface area (Å²) in [6, 6.07) is 58.5. The summed E-state index contributed by atoms with van der Waals surface area (Å²) in [6.07, 6.45) is 10.5. The Kier molecular flexibility index (Phi) is 11.6. The van der Waals surface area contributed by atoms with E-state index >= 15 is 0 Å². The first-order chi connectivity index (χ1) is 31.5. The average molecular weight is 912 g/mol. The Labute approximate surface area is 391 Å². The predicted molar refractivity (Wildman–Crippen MR) is 274 cm³/mol. The fourth-order valence-corrected chi connectivity index (χ4v) is 11.7. The van der Waals surface area contributed by atoms with Gasteiger partial charge in [-0.25, -0.2) is 0 Å². The summed E-state index contributed by atoms with van der Waals surface area (Å²) in [6.45, 7) is 0. The molecule has 0 aliphatic heterocycles. The second kappa shape index (κ2) is 18.3. The van der Waals surface area contributed by atoms with Gasteiger partial charge in [0.25, 0.3) is 0 Å². The maximum absolute atomic E-state index is 13.5. The summed E-state index contributed by atoms with van der Waals surface area (Å²) in [5.74, 6) is -0.182. The smallest absolute Gasteiger partial charge is 0.194 e. The quantitative estimate of drug-likeness (QED) is 0.0958. The van der Waals surface area contributed by atoms with Crippen LogP contribution in [0, 0.1) is 22.7 Å². The van der Waals surface area contributed by atoms with Crippen LogP contribution in [0.1, 0.15) is 40.3 Å². The van der Waals surface area contributed by atoms with Crippen molar-refractivity contribution in [1.82, 2.24) is 0 Å². The van der Waals surface area contributed by atoms with E-state index in [1.54, 1.807) is 74.9 Å². The van der Waals surface area contributed by atoms with Gasteiger partial charge in [0.1, 0.15) is 17.7 Å². The fraction of sp³-hybridized carbons (Fsp3) is 0. The second-order valence-electron chi connectivity index (χ2n) is 14.7. The summed E-state index contributed by atoms with van der Waals surface area (Å²) in [4.78, 5) is 25.1. The SMILES string of the molecule is N#CC(C#N)=C1/C(=C/c2ccc(-c3ccc(N(c4ccc(-c5ccc(/C=C/c6cccs6)s5)cc4)c4ccc(-c5ccc(/C=C/c6cccs6)s5)cc4)cc3)s2)C(=O)c2ccccc21. The van der Waals surface area contributed by atoms with Crippen molar-refractivity contribution in [2.24, 2.45) is 0 Å². The number of Topliss-reactive ketones (excluding diaryl/α,β-unsaturated/α-hetero) is 1. The molecule has 4 aromatic carbocycles. The number of benzene rings is 4. The van der Waals surface area contributed by atoms with Gasteiger partial charge < -0.3 is 4.90 Å². The third-order valence-corrected chi connectivity index (χ3v) is 15.7. The van der Waals surface area contributed by atoms with E-state index in [0.29, 0.717) is 22.3 Å². The van der Waals surface area contributed by atoms with Gasteiger partial charge in [0.05, 0.1) is 0 Å². The van der Waals surface area contributed by atoms with Crippen molar-refractivity contribution in [2.75, 3.05) is 4.90 Å². The Morgan fingerprint density at radius 2 is 0.875 bits per heavy atom. The third-order valence-electron chi connectivity index (χ3n) is 10.7. The zero-order chi connectivity index (χ0) is 43.4. The molecule has 9 heteroatoms. The molecule has 0 fully saturated rings. The maximum atomic E-state index is 13.5.